The molecule has 3 nitrogen and oxygen atoms in total. The lowest BCUT2D eigenvalue weighted by Gasteiger charge is -2.04. The summed E-state index contributed by atoms with van der Waals surface area (Å²) in [6.07, 6.45) is 0.0559. The third kappa shape index (κ3) is 7.84. The highest BCUT2D eigenvalue weighted by atomic mass is 16.3. The van der Waals surface area contributed by atoms with Crippen LogP contribution in [0.2, 0.25) is 0 Å². The van der Waals surface area contributed by atoms with Gasteiger partial charge in [-0.25, -0.2) is 5.11 Å². The van der Waals surface area contributed by atoms with E-state index in [9.17, 15) is 5.11 Å². The van der Waals surface area contributed by atoms with Crippen molar-refractivity contribution >= 4 is 5.69 Å². The van der Waals surface area contributed by atoms with Crippen LogP contribution < -0.4 is 5.73 Å². The van der Waals surface area contributed by atoms with Crippen LogP contribution in [-0.4, -0.2) is 6.10 Å². The number of hydrogen-bond donors (Lipinski definition) is 1. The van der Waals surface area contributed by atoms with Crippen LogP contribution in [0, 0.1) is 17.2 Å². The summed E-state index contributed by atoms with van der Waals surface area (Å²) in [7, 11) is 0. The largest absolute Gasteiger partial charge is 0.399 e. The van der Waals surface area contributed by atoms with Gasteiger partial charge in [-0.1, -0.05) is 26.0 Å². The van der Waals surface area contributed by atoms with Crippen molar-refractivity contribution in [2.24, 2.45) is 5.92 Å². The van der Waals surface area contributed by atoms with E-state index >= 15 is 0 Å². The van der Waals surface area contributed by atoms with Gasteiger partial charge in [0, 0.05) is 5.69 Å². The molecule has 0 heterocycles. The highest BCUT2D eigenvalue weighted by Gasteiger charge is 1.96. The van der Waals surface area contributed by atoms with Crippen LogP contribution in [0.1, 0.15) is 26.3 Å². The molecule has 2 N–H and O–H groups in total. The maximum atomic E-state index is 9.53. The SMILES string of the molecule is CC(C)Cc1cccc(N)c1.CC([O])C#N. The van der Waals surface area contributed by atoms with Gasteiger partial charge in [0.1, 0.15) is 0 Å². The molecule has 0 amide bonds. The van der Waals surface area contributed by atoms with Crippen molar-refractivity contribution in [3.8, 4) is 6.07 Å². The number of hydrogen-bond acceptors (Lipinski definition) is 2. The molecule has 0 saturated carbocycles. The first kappa shape index (κ1) is 14.5. The molecule has 0 aliphatic carbocycles. The maximum Gasteiger partial charge on any atom is 0.176 e. The summed E-state index contributed by atoms with van der Waals surface area (Å²) in [4.78, 5) is 0. The van der Waals surface area contributed by atoms with Crippen molar-refractivity contribution in [1.82, 2.24) is 0 Å². The number of rotatable bonds is 2. The monoisotopic (exact) mass is 219 g/mol. The molecular formula is C13H19N2O. The Bertz CT molecular complexity index is 340. The predicted molar refractivity (Wildman–Crippen MR) is 65.2 cm³/mol. The van der Waals surface area contributed by atoms with Crippen molar-refractivity contribution in [3.05, 3.63) is 29.8 Å². The highest BCUT2D eigenvalue weighted by Crippen LogP contribution is 2.10. The number of nitrogens with two attached hydrogens (primary N) is 1. The molecule has 0 aromatic heterocycles. The Morgan fingerprint density at radius 3 is 2.31 bits per heavy atom. The van der Waals surface area contributed by atoms with Crippen LogP contribution in [0.15, 0.2) is 24.3 Å². The van der Waals surface area contributed by atoms with Crippen LogP contribution >= 0.6 is 0 Å². The van der Waals surface area contributed by atoms with E-state index in [-0.39, 0.29) is 0 Å². The first-order chi connectivity index (χ1) is 7.45. The lowest BCUT2D eigenvalue weighted by Crippen LogP contribution is -1.94. The molecule has 0 bridgehead atoms. The van der Waals surface area contributed by atoms with Gasteiger partial charge in [-0.15, -0.1) is 0 Å². The van der Waals surface area contributed by atoms with E-state index < -0.39 is 6.10 Å². The third-order valence-corrected chi connectivity index (χ3v) is 1.78. The molecule has 1 unspecified atom stereocenters. The Balaban J connectivity index is 0.000000385. The van der Waals surface area contributed by atoms with Crippen LogP contribution in [0.4, 0.5) is 5.69 Å². The smallest absolute Gasteiger partial charge is 0.176 e. The number of anilines is 1. The molecule has 16 heavy (non-hydrogen) atoms. The molecule has 1 radical (unpaired) electrons. The molecule has 1 aromatic rings. The lowest BCUT2D eigenvalue weighted by molar-refractivity contribution is 0.152. The van der Waals surface area contributed by atoms with Crippen molar-refractivity contribution in [3.63, 3.8) is 0 Å². The molecule has 87 valence electrons. The Morgan fingerprint density at radius 1 is 1.38 bits per heavy atom. The average molecular weight is 219 g/mol. The molecular weight excluding hydrogens is 200 g/mol. The van der Waals surface area contributed by atoms with Crippen molar-refractivity contribution in [2.45, 2.75) is 33.3 Å². The zero-order chi connectivity index (χ0) is 12.6. The van der Waals surface area contributed by atoms with Crippen molar-refractivity contribution in [2.75, 3.05) is 5.73 Å². The van der Waals surface area contributed by atoms with E-state index in [4.69, 9.17) is 11.0 Å². The molecule has 3 heteroatoms. The van der Waals surface area contributed by atoms with E-state index in [0.29, 0.717) is 5.92 Å². The second-order valence-corrected chi connectivity index (χ2v) is 4.11. The lowest BCUT2D eigenvalue weighted by atomic mass is 10.0. The standard InChI is InChI=1S/C10H15N.C3H4NO/c1-8(2)6-9-4-3-5-10(11)7-9;1-3(5)2-4/h3-5,7-8H,6,11H2,1-2H3;3H,1H3. The van der Waals surface area contributed by atoms with E-state index in [1.54, 1.807) is 0 Å². The summed E-state index contributed by atoms with van der Waals surface area (Å²) in [6, 6.07) is 9.56. The minimum Gasteiger partial charge on any atom is -0.399 e. The van der Waals surface area contributed by atoms with Crippen LogP contribution in [0.3, 0.4) is 0 Å². The van der Waals surface area contributed by atoms with Gasteiger partial charge in [-0.05, 0) is 37.0 Å². The van der Waals surface area contributed by atoms with Gasteiger partial charge in [-0.2, -0.15) is 5.26 Å². The number of nitrogen functional groups attached to an aromatic ring is 1. The molecule has 0 saturated heterocycles. The van der Waals surface area contributed by atoms with Gasteiger partial charge in [0.15, 0.2) is 6.10 Å². The Morgan fingerprint density at radius 2 is 1.94 bits per heavy atom. The summed E-state index contributed by atoms with van der Waals surface area (Å²) in [5.74, 6) is 0.705. The Labute approximate surface area is 97.5 Å². The Hall–Kier alpha value is -1.53. The number of nitriles is 1. The van der Waals surface area contributed by atoms with E-state index in [0.717, 1.165) is 12.1 Å². The fraction of sp³-hybridized carbons (Fsp3) is 0.462. The zero-order valence-electron chi connectivity index (χ0n) is 10.1. The van der Waals surface area contributed by atoms with Gasteiger partial charge in [0.2, 0.25) is 0 Å². The van der Waals surface area contributed by atoms with Gasteiger partial charge in [-0.3, -0.25) is 0 Å². The van der Waals surface area contributed by atoms with Gasteiger partial charge in [0.25, 0.3) is 0 Å². The summed E-state index contributed by atoms with van der Waals surface area (Å²) < 4.78 is 0. The van der Waals surface area contributed by atoms with Crippen LogP contribution in [0.25, 0.3) is 0 Å². The minimum absolute atomic E-state index is 0.705. The van der Waals surface area contributed by atoms with Gasteiger partial charge >= 0.3 is 0 Å². The molecule has 0 spiro atoms. The first-order valence-corrected chi connectivity index (χ1v) is 5.35. The highest BCUT2D eigenvalue weighted by molar-refractivity contribution is 5.40. The second-order valence-electron chi connectivity index (χ2n) is 4.11. The fourth-order valence-electron chi connectivity index (χ4n) is 1.19. The van der Waals surface area contributed by atoms with Crippen LogP contribution in [0.5, 0.6) is 0 Å². The van der Waals surface area contributed by atoms with Crippen molar-refractivity contribution < 1.29 is 5.11 Å². The van der Waals surface area contributed by atoms with Crippen molar-refractivity contribution in [1.29, 1.82) is 5.26 Å². The second kappa shape index (κ2) is 7.72. The Kier molecular flexibility index (Phi) is 6.98. The summed E-state index contributed by atoms with van der Waals surface area (Å²) in [5, 5.41) is 17.1. The summed E-state index contributed by atoms with van der Waals surface area (Å²) >= 11 is 0. The maximum absolute atomic E-state index is 9.53. The van der Waals surface area contributed by atoms with Gasteiger partial charge < -0.3 is 5.73 Å². The quantitative estimate of drug-likeness (QED) is 0.777. The fourth-order valence-corrected chi connectivity index (χ4v) is 1.19. The van der Waals surface area contributed by atoms with E-state index in [1.807, 2.05) is 18.2 Å². The number of nitrogens with zero attached hydrogens (tertiary/aromatic N) is 1. The predicted octanol–water partition coefficient (Wildman–Crippen LogP) is 2.80. The molecule has 0 aliphatic rings. The minimum atomic E-state index is -1.06. The van der Waals surface area contributed by atoms with E-state index in [2.05, 4.69) is 19.9 Å². The molecule has 0 fully saturated rings. The van der Waals surface area contributed by atoms with E-state index in [1.165, 1.54) is 18.6 Å². The molecule has 1 atom stereocenters. The van der Waals surface area contributed by atoms with Gasteiger partial charge in [0.05, 0.1) is 6.07 Å². The van der Waals surface area contributed by atoms with Crippen LogP contribution in [-0.2, 0) is 11.5 Å². The molecule has 1 aromatic carbocycles. The summed E-state index contributed by atoms with van der Waals surface area (Å²) in [6.45, 7) is 5.73. The summed E-state index contributed by atoms with van der Waals surface area (Å²) in [5.41, 5.74) is 7.83. The number of benzene rings is 1. The average Bonchev–Trinajstić information content (AvgIpc) is 2.17. The third-order valence-electron chi connectivity index (χ3n) is 1.78. The molecule has 1 rings (SSSR count). The molecule has 0 aliphatic heterocycles. The zero-order valence-corrected chi connectivity index (χ0v) is 10.1. The topological polar surface area (TPSA) is 69.7 Å². The first-order valence-electron chi connectivity index (χ1n) is 5.35. The normalized spacial score (nSPS) is 11.2.